The summed E-state index contributed by atoms with van der Waals surface area (Å²) in [5.74, 6) is 5.81. The molecule has 1 aromatic carbocycles. The van der Waals surface area contributed by atoms with Crippen LogP contribution < -0.4 is 16.2 Å². The number of aromatic nitrogens is 1. The molecule has 1 atom stereocenters. The number of hydrazine groups is 1. The van der Waals surface area contributed by atoms with Crippen molar-refractivity contribution < 1.29 is 4.79 Å². The van der Waals surface area contributed by atoms with E-state index in [1.54, 1.807) is 6.20 Å². The molecule has 0 bridgehead atoms. The number of thiazole rings is 1. The lowest BCUT2D eigenvalue weighted by Crippen LogP contribution is -2.42. The smallest absolute Gasteiger partial charge is 0.247 e. The van der Waals surface area contributed by atoms with E-state index in [2.05, 4.69) is 10.3 Å². The van der Waals surface area contributed by atoms with E-state index < -0.39 is 0 Å². The number of carbonyl (C=O) groups excluding carboxylic acids is 1. The zero-order chi connectivity index (χ0) is 13.9. The van der Waals surface area contributed by atoms with Gasteiger partial charge in [0, 0.05) is 12.7 Å². The van der Waals surface area contributed by atoms with Crippen LogP contribution >= 0.6 is 11.3 Å². The highest BCUT2D eigenvalue weighted by Crippen LogP contribution is 2.30. The fourth-order valence-corrected chi connectivity index (χ4v) is 3.12. The number of rotatable bonds is 3. The normalized spacial score (nSPS) is 18.1. The molecule has 0 unspecified atom stereocenters. The second-order valence-electron chi connectivity index (χ2n) is 4.77. The lowest BCUT2D eigenvalue weighted by atomic mass is 10.1. The standard InChI is InChI=1S/C14H16N4OS/c15-18(13(19)11-6-7-16-8-11)14-17-9-12(20-14)10-4-2-1-3-5-10/h1-5,9,11,16H,6-8,15H2/t11-/m0/s1. The fourth-order valence-electron chi connectivity index (χ4n) is 2.27. The summed E-state index contributed by atoms with van der Waals surface area (Å²) in [6, 6.07) is 9.95. The third-order valence-electron chi connectivity index (χ3n) is 3.40. The monoisotopic (exact) mass is 288 g/mol. The molecule has 1 saturated heterocycles. The van der Waals surface area contributed by atoms with E-state index in [1.807, 2.05) is 30.3 Å². The molecule has 1 aliphatic rings. The Morgan fingerprint density at radius 2 is 2.20 bits per heavy atom. The Kier molecular flexibility index (Phi) is 3.77. The van der Waals surface area contributed by atoms with Crippen LogP contribution in [0.1, 0.15) is 6.42 Å². The molecular formula is C14H16N4OS. The number of nitrogens with one attached hydrogen (secondary N) is 1. The highest BCUT2D eigenvalue weighted by atomic mass is 32.1. The van der Waals surface area contributed by atoms with E-state index >= 15 is 0 Å². The zero-order valence-corrected chi connectivity index (χ0v) is 11.8. The van der Waals surface area contributed by atoms with Gasteiger partial charge in [0.15, 0.2) is 0 Å². The Labute approximate surface area is 121 Å². The molecule has 1 aromatic heterocycles. The van der Waals surface area contributed by atoms with E-state index in [-0.39, 0.29) is 11.8 Å². The lowest BCUT2D eigenvalue weighted by Gasteiger charge is -2.16. The van der Waals surface area contributed by atoms with Gasteiger partial charge in [0.05, 0.1) is 10.8 Å². The Bertz CT molecular complexity index is 592. The molecule has 6 heteroatoms. The van der Waals surface area contributed by atoms with Crippen molar-refractivity contribution in [2.45, 2.75) is 6.42 Å². The minimum absolute atomic E-state index is 0.0379. The summed E-state index contributed by atoms with van der Waals surface area (Å²) < 4.78 is 0. The predicted octanol–water partition coefficient (Wildman–Crippen LogP) is 1.63. The Balaban J connectivity index is 1.77. The van der Waals surface area contributed by atoms with Crippen molar-refractivity contribution in [1.82, 2.24) is 10.3 Å². The van der Waals surface area contributed by atoms with E-state index in [0.29, 0.717) is 11.7 Å². The van der Waals surface area contributed by atoms with Crippen molar-refractivity contribution in [1.29, 1.82) is 0 Å². The summed E-state index contributed by atoms with van der Waals surface area (Å²) in [4.78, 5) is 17.5. The first kappa shape index (κ1) is 13.2. The molecule has 0 radical (unpaired) electrons. The molecule has 1 aliphatic heterocycles. The quantitative estimate of drug-likeness (QED) is 0.511. The minimum atomic E-state index is -0.0658. The molecule has 3 N–H and O–H groups in total. The molecule has 0 spiro atoms. The number of amides is 1. The number of benzene rings is 1. The van der Waals surface area contributed by atoms with E-state index in [9.17, 15) is 4.79 Å². The van der Waals surface area contributed by atoms with Crippen LogP contribution in [0, 0.1) is 5.92 Å². The summed E-state index contributed by atoms with van der Waals surface area (Å²) in [7, 11) is 0. The maximum absolute atomic E-state index is 12.2. The second-order valence-corrected chi connectivity index (χ2v) is 5.78. The van der Waals surface area contributed by atoms with Crippen LogP contribution in [0.5, 0.6) is 0 Å². The first-order valence-electron chi connectivity index (χ1n) is 6.56. The molecule has 1 fully saturated rings. The molecule has 3 rings (SSSR count). The molecule has 0 aliphatic carbocycles. The number of hydrogen-bond acceptors (Lipinski definition) is 5. The Morgan fingerprint density at radius 3 is 2.90 bits per heavy atom. The number of carbonyl (C=O) groups is 1. The van der Waals surface area contributed by atoms with Crippen molar-refractivity contribution >= 4 is 22.4 Å². The van der Waals surface area contributed by atoms with Gasteiger partial charge in [-0.2, -0.15) is 0 Å². The summed E-state index contributed by atoms with van der Waals surface area (Å²) in [6.07, 6.45) is 2.60. The van der Waals surface area contributed by atoms with E-state index in [4.69, 9.17) is 5.84 Å². The molecule has 0 saturated carbocycles. The van der Waals surface area contributed by atoms with Crippen LogP contribution in [0.25, 0.3) is 10.4 Å². The third-order valence-corrected chi connectivity index (χ3v) is 4.45. The maximum atomic E-state index is 12.2. The first-order valence-corrected chi connectivity index (χ1v) is 7.38. The van der Waals surface area contributed by atoms with Crippen LogP contribution in [0.2, 0.25) is 0 Å². The second kappa shape index (κ2) is 5.70. The first-order chi connectivity index (χ1) is 9.75. The van der Waals surface area contributed by atoms with Gasteiger partial charge in [-0.1, -0.05) is 41.7 Å². The van der Waals surface area contributed by atoms with Crippen LogP contribution in [-0.2, 0) is 4.79 Å². The number of hydrogen-bond donors (Lipinski definition) is 2. The van der Waals surface area contributed by atoms with E-state index in [1.165, 1.54) is 16.3 Å². The number of anilines is 1. The fraction of sp³-hybridized carbons (Fsp3) is 0.286. The zero-order valence-electron chi connectivity index (χ0n) is 11.0. The SMILES string of the molecule is NN(C(=O)[C@H]1CCNC1)c1ncc(-c2ccccc2)s1. The summed E-state index contributed by atoms with van der Waals surface area (Å²) in [6.45, 7) is 1.57. The van der Waals surface area contributed by atoms with Gasteiger partial charge in [-0.15, -0.1) is 0 Å². The Morgan fingerprint density at radius 1 is 1.40 bits per heavy atom. The van der Waals surface area contributed by atoms with Gasteiger partial charge < -0.3 is 5.32 Å². The van der Waals surface area contributed by atoms with Gasteiger partial charge in [-0.3, -0.25) is 4.79 Å². The summed E-state index contributed by atoms with van der Waals surface area (Å²) in [5, 5.41) is 4.90. The third kappa shape index (κ3) is 2.58. The van der Waals surface area contributed by atoms with Crippen molar-refractivity contribution in [3.05, 3.63) is 36.5 Å². The van der Waals surface area contributed by atoms with Crippen LogP contribution in [0.15, 0.2) is 36.5 Å². The number of nitrogens with two attached hydrogens (primary N) is 1. The van der Waals surface area contributed by atoms with Gasteiger partial charge >= 0.3 is 0 Å². The van der Waals surface area contributed by atoms with Crippen LogP contribution in [0.4, 0.5) is 5.13 Å². The highest BCUT2D eigenvalue weighted by Gasteiger charge is 2.27. The van der Waals surface area contributed by atoms with Crippen molar-refractivity contribution in [2.75, 3.05) is 18.1 Å². The summed E-state index contributed by atoms with van der Waals surface area (Å²) in [5.41, 5.74) is 1.08. The molecule has 2 aromatic rings. The van der Waals surface area contributed by atoms with E-state index in [0.717, 1.165) is 23.4 Å². The van der Waals surface area contributed by atoms with Crippen LogP contribution in [-0.4, -0.2) is 24.0 Å². The average molecular weight is 288 g/mol. The van der Waals surface area contributed by atoms with Crippen LogP contribution in [0.3, 0.4) is 0 Å². The van der Waals surface area contributed by atoms with Gasteiger partial charge in [-0.05, 0) is 18.5 Å². The topological polar surface area (TPSA) is 71.2 Å². The van der Waals surface area contributed by atoms with Crippen molar-refractivity contribution in [2.24, 2.45) is 11.8 Å². The Hall–Kier alpha value is -1.76. The molecule has 2 heterocycles. The number of nitrogens with zero attached hydrogens (tertiary/aromatic N) is 2. The predicted molar refractivity (Wildman–Crippen MR) is 80.2 cm³/mol. The highest BCUT2D eigenvalue weighted by molar-refractivity contribution is 7.19. The molecule has 1 amide bonds. The van der Waals surface area contributed by atoms with Gasteiger partial charge in [0.2, 0.25) is 11.0 Å². The molecular weight excluding hydrogens is 272 g/mol. The van der Waals surface area contributed by atoms with Gasteiger partial charge in [-0.25, -0.2) is 15.8 Å². The van der Waals surface area contributed by atoms with Gasteiger partial charge in [0.1, 0.15) is 0 Å². The lowest BCUT2D eigenvalue weighted by molar-refractivity contribution is -0.121. The van der Waals surface area contributed by atoms with Crippen molar-refractivity contribution in [3.8, 4) is 10.4 Å². The molecule has 20 heavy (non-hydrogen) atoms. The molecule has 104 valence electrons. The molecule has 5 nitrogen and oxygen atoms in total. The minimum Gasteiger partial charge on any atom is -0.316 e. The van der Waals surface area contributed by atoms with Crippen molar-refractivity contribution in [3.63, 3.8) is 0 Å². The maximum Gasteiger partial charge on any atom is 0.247 e. The van der Waals surface area contributed by atoms with Gasteiger partial charge in [0.25, 0.3) is 0 Å². The summed E-state index contributed by atoms with van der Waals surface area (Å²) >= 11 is 1.43. The largest absolute Gasteiger partial charge is 0.316 e. The average Bonchev–Trinajstić information content (AvgIpc) is 3.18.